The van der Waals surface area contributed by atoms with Crippen LogP contribution in [-0.2, 0) is 4.79 Å². The van der Waals surface area contributed by atoms with Gasteiger partial charge in [0.1, 0.15) is 0 Å². The van der Waals surface area contributed by atoms with Gasteiger partial charge in [0, 0.05) is 43.2 Å². The van der Waals surface area contributed by atoms with Gasteiger partial charge in [-0.1, -0.05) is 30.3 Å². The van der Waals surface area contributed by atoms with E-state index in [0.29, 0.717) is 6.54 Å². The number of anilines is 1. The van der Waals surface area contributed by atoms with Crippen molar-refractivity contribution < 1.29 is 4.79 Å². The minimum Gasteiger partial charge on any atom is -0.369 e. The van der Waals surface area contributed by atoms with Crippen molar-refractivity contribution in [3.63, 3.8) is 0 Å². The maximum Gasteiger partial charge on any atom is 0.257 e. The van der Waals surface area contributed by atoms with E-state index in [1.54, 1.807) is 27.7 Å². The molecule has 0 spiro atoms. The third-order valence-electron chi connectivity index (χ3n) is 5.70. The van der Waals surface area contributed by atoms with E-state index in [9.17, 15) is 4.79 Å². The van der Waals surface area contributed by atoms with Gasteiger partial charge in [-0.2, -0.15) is 5.10 Å². The lowest BCUT2D eigenvalue weighted by atomic mass is 10.1. The van der Waals surface area contributed by atoms with Crippen LogP contribution >= 0.6 is 22.7 Å². The summed E-state index contributed by atoms with van der Waals surface area (Å²) >= 11 is 3.39. The highest BCUT2D eigenvalue weighted by Crippen LogP contribution is 2.36. The van der Waals surface area contributed by atoms with Crippen LogP contribution in [0.1, 0.15) is 22.2 Å². The lowest BCUT2D eigenvalue weighted by Crippen LogP contribution is -2.49. The number of rotatable bonds is 5. The van der Waals surface area contributed by atoms with Crippen LogP contribution in [-0.4, -0.2) is 54.3 Å². The molecule has 1 saturated heterocycles. The number of amides is 1. The number of carbonyl (C=O) groups is 1. The Hall–Kier alpha value is -2.48. The van der Waals surface area contributed by atoms with Gasteiger partial charge in [0.15, 0.2) is 0 Å². The molecule has 4 heterocycles. The van der Waals surface area contributed by atoms with Gasteiger partial charge in [0.05, 0.1) is 23.2 Å². The Morgan fingerprint density at radius 3 is 2.40 bits per heavy atom. The molecule has 3 aromatic rings. The fourth-order valence-electron chi connectivity index (χ4n) is 4.10. The molecule has 0 N–H and O–H groups in total. The highest BCUT2D eigenvalue weighted by molar-refractivity contribution is 7.12. The molecule has 1 atom stereocenters. The van der Waals surface area contributed by atoms with Crippen molar-refractivity contribution in [3.8, 4) is 0 Å². The molecule has 2 aromatic heterocycles. The standard InChI is InChI=1S/C23H24N4OS2/c28-23(17-25-10-12-26(13-11-25)18-6-2-1-3-7-18)27-20(22-9-5-15-30-22)16-19(24-27)21-8-4-14-29-21/h1-9,14-15,20H,10-13,16-17H2/t20-/m0/s1. The number of thiophene rings is 2. The van der Waals surface area contributed by atoms with E-state index >= 15 is 0 Å². The van der Waals surface area contributed by atoms with E-state index in [0.717, 1.165) is 43.2 Å². The first-order valence-electron chi connectivity index (χ1n) is 10.3. The zero-order chi connectivity index (χ0) is 20.3. The zero-order valence-corrected chi connectivity index (χ0v) is 18.3. The van der Waals surface area contributed by atoms with E-state index in [2.05, 4.69) is 63.0 Å². The molecule has 154 valence electrons. The summed E-state index contributed by atoms with van der Waals surface area (Å²) in [5.74, 6) is 0.0908. The molecule has 0 unspecified atom stereocenters. The Labute approximate surface area is 184 Å². The summed E-state index contributed by atoms with van der Waals surface area (Å²) in [6.45, 7) is 4.08. The van der Waals surface area contributed by atoms with E-state index in [4.69, 9.17) is 5.10 Å². The van der Waals surface area contributed by atoms with Crippen molar-refractivity contribution >= 4 is 40.0 Å². The Balaban J connectivity index is 1.26. The van der Waals surface area contributed by atoms with Crippen LogP contribution in [0.3, 0.4) is 0 Å². The van der Waals surface area contributed by atoms with E-state index in [-0.39, 0.29) is 11.9 Å². The number of hydrogen-bond acceptors (Lipinski definition) is 6. The van der Waals surface area contributed by atoms with Gasteiger partial charge in [0.2, 0.25) is 0 Å². The fraction of sp³-hybridized carbons (Fsp3) is 0.304. The Kier molecular flexibility index (Phi) is 5.66. The molecular formula is C23H24N4OS2. The first kappa shape index (κ1) is 19.5. The summed E-state index contributed by atoms with van der Waals surface area (Å²) in [4.78, 5) is 20.3. The van der Waals surface area contributed by atoms with Crippen LogP contribution in [0.4, 0.5) is 5.69 Å². The van der Waals surface area contributed by atoms with Crippen LogP contribution in [0.2, 0.25) is 0 Å². The number of piperazine rings is 1. The minimum absolute atomic E-state index is 0.0141. The number of hydrazone groups is 1. The first-order chi connectivity index (χ1) is 14.8. The van der Waals surface area contributed by atoms with Gasteiger partial charge in [-0.3, -0.25) is 9.69 Å². The minimum atomic E-state index is 0.0141. The largest absolute Gasteiger partial charge is 0.369 e. The molecule has 30 heavy (non-hydrogen) atoms. The molecule has 2 aliphatic heterocycles. The summed E-state index contributed by atoms with van der Waals surface area (Å²) in [7, 11) is 0. The highest BCUT2D eigenvalue weighted by atomic mass is 32.1. The predicted octanol–water partition coefficient (Wildman–Crippen LogP) is 4.31. The van der Waals surface area contributed by atoms with E-state index in [1.807, 2.05) is 12.1 Å². The zero-order valence-electron chi connectivity index (χ0n) is 16.7. The van der Waals surface area contributed by atoms with Crippen molar-refractivity contribution in [2.24, 2.45) is 5.10 Å². The van der Waals surface area contributed by atoms with E-state index < -0.39 is 0 Å². The van der Waals surface area contributed by atoms with Gasteiger partial charge in [-0.05, 0) is 35.0 Å². The molecule has 7 heteroatoms. The summed E-state index contributed by atoms with van der Waals surface area (Å²) in [6, 6.07) is 18.8. The monoisotopic (exact) mass is 436 g/mol. The molecular weight excluding hydrogens is 412 g/mol. The molecule has 1 aromatic carbocycles. The third-order valence-corrected chi connectivity index (χ3v) is 7.59. The second kappa shape index (κ2) is 8.71. The van der Waals surface area contributed by atoms with Crippen molar-refractivity contribution in [3.05, 3.63) is 75.1 Å². The Bertz CT molecular complexity index is 993. The predicted molar refractivity (Wildman–Crippen MR) is 124 cm³/mol. The average Bonchev–Trinajstić information content (AvgIpc) is 3.56. The van der Waals surface area contributed by atoms with Gasteiger partial charge in [-0.15, -0.1) is 22.7 Å². The normalized spacial score (nSPS) is 19.9. The molecule has 0 aliphatic carbocycles. The van der Waals surface area contributed by atoms with Crippen LogP contribution in [0, 0.1) is 0 Å². The second-order valence-corrected chi connectivity index (χ2v) is 9.52. The first-order valence-corrected chi connectivity index (χ1v) is 12.0. The molecule has 0 saturated carbocycles. The number of benzene rings is 1. The fourth-order valence-corrected chi connectivity index (χ4v) is 5.63. The van der Waals surface area contributed by atoms with Crippen LogP contribution < -0.4 is 4.90 Å². The summed E-state index contributed by atoms with van der Waals surface area (Å²) < 4.78 is 0. The second-order valence-electron chi connectivity index (χ2n) is 7.60. The average molecular weight is 437 g/mol. The van der Waals surface area contributed by atoms with Gasteiger partial charge in [0.25, 0.3) is 5.91 Å². The van der Waals surface area contributed by atoms with Crippen LogP contribution in [0.25, 0.3) is 0 Å². The van der Waals surface area contributed by atoms with Gasteiger partial charge >= 0.3 is 0 Å². The number of hydrogen-bond donors (Lipinski definition) is 0. The van der Waals surface area contributed by atoms with Crippen molar-refractivity contribution in [1.82, 2.24) is 9.91 Å². The number of nitrogens with zero attached hydrogens (tertiary/aromatic N) is 4. The smallest absolute Gasteiger partial charge is 0.257 e. The Morgan fingerprint density at radius 1 is 0.933 bits per heavy atom. The Morgan fingerprint density at radius 2 is 1.70 bits per heavy atom. The molecule has 2 aliphatic rings. The lowest BCUT2D eigenvalue weighted by molar-refractivity contribution is -0.134. The summed E-state index contributed by atoms with van der Waals surface area (Å²) in [5.41, 5.74) is 2.27. The van der Waals surface area contributed by atoms with Gasteiger partial charge < -0.3 is 4.90 Å². The quantitative estimate of drug-likeness (QED) is 0.598. The van der Waals surface area contributed by atoms with Crippen molar-refractivity contribution in [2.75, 3.05) is 37.6 Å². The summed E-state index contributed by atoms with van der Waals surface area (Å²) in [5, 5.41) is 10.7. The van der Waals surface area contributed by atoms with Gasteiger partial charge in [-0.25, -0.2) is 5.01 Å². The molecule has 1 amide bonds. The van der Waals surface area contributed by atoms with Crippen molar-refractivity contribution in [1.29, 1.82) is 0 Å². The lowest BCUT2D eigenvalue weighted by Gasteiger charge is -2.36. The maximum absolute atomic E-state index is 13.3. The van der Waals surface area contributed by atoms with Crippen LogP contribution in [0.15, 0.2) is 70.5 Å². The topological polar surface area (TPSA) is 39.2 Å². The third kappa shape index (κ3) is 4.05. The molecule has 0 bridgehead atoms. The van der Waals surface area contributed by atoms with E-state index in [1.165, 1.54) is 10.6 Å². The number of carbonyl (C=O) groups excluding carboxylic acids is 1. The molecule has 0 radical (unpaired) electrons. The molecule has 1 fully saturated rings. The van der Waals surface area contributed by atoms with Crippen LogP contribution in [0.5, 0.6) is 0 Å². The van der Waals surface area contributed by atoms with Crippen molar-refractivity contribution in [2.45, 2.75) is 12.5 Å². The SMILES string of the molecule is O=C(CN1CCN(c2ccccc2)CC1)N1N=C(c2cccs2)C[C@H]1c1cccs1. The number of para-hydroxylation sites is 1. The molecule has 5 nitrogen and oxygen atoms in total. The molecule has 5 rings (SSSR count). The summed E-state index contributed by atoms with van der Waals surface area (Å²) in [6.07, 6.45) is 0.786. The highest BCUT2D eigenvalue weighted by Gasteiger charge is 2.35. The maximum atomic E-state index is 13.3.